The molecule has 3 rings (SSSR count). The molecular weight excluding hydrogens is 349 g/mol. The summed E-state index contributed by atoms with van der Waals surface area (Å²) >= 11 is 11.5. The molecule has 128 valence electrons. The zero-order valence-corrected chi connectivity index (χ0v) is 14.7. The van der Waals surface area contributed by atoms with Crippen LogP contribution in [-0.2, 0) is 13.1 Å². The molecule has 0 radical (unpaired) electrons. The Hall–Kier alpha value is -1.63. The van der Waals surface area contributed by atoms with Crippen LogP contribution >= 0.6 is 23.8 Å². The molecule has 1 saturated heterocycles. The van der Waals surface area contributed by atoms with Gasteiger partial charge < -0.3 is 14.6 Å². The number of nitrogens with zero attached hydrogens (tertiary/aromatic N) is 2. The summed E-state index contributed by atoms with van der Waals surface area (Å²) in [5.41, 5.74) is 0.561. The molecule has 4 nitrogen and oxygen atoms in total. The van der Waals surface area contributed by atoms with Crippen LogP contribution in [0.2, 0.25) is 5.02 Å². The van der Waals surface area contributed by atoms with Crippen molar-refractivity contribution in [3.63, 3.8) is 0 Å². The van der Waals surface area contributed by atoms with Crippen LogP contribution in [0.5, 0.6) is 0 Å². The number of rotatable bonds is 4. The van der Waals surface area contributed by atoms with Crippen molar-refractivity contribution in [1.82, 2.24) is 15.1 Å². The minimum atomic E-state index is -0.249. The van der Waals surface area contributed by atoms with Gasteiger partial charge in [0.2, 0.25) is 0 Å². The van der Waals surface area contributed by atoms with E-state index in [2.05, 4.69) is 15.1 Å². The topological polar surface area (TPSA) is 31.6 Å². The van der Waals surface area contributed by atoms with E-state index in [0.29, 0.717) is 23.7 Å². The first-order valence-electron chi connectivity index (χ1n) is 7.84. The summed E-state index contributed by atoms with van der Waals surface area (Å²) in [4.78, 5) is 4.31. The SMILES string of the molecule is Fc1cccc(Cl)c1CN1CCN(C(=S)NCc2ccco2)CC1. The van der Waals surface area contributed by atoms with E-state index in [4.69, 9.17) is 28.2 Å². The summed E-state index contributed by atoms with van der Waals surface area (Å²) < 4.78 is 19.2. The first kappa shape index (κ1) is 17.2. The van der Waals surface area contributed by atoms with E-state index < -0.39 is 0 Å². The highest BCUT2D eigenvalue weighted by Gasteiger charge is 2.20. The summed E-state index contributed by atoms with van der Waals surface area (Å²) in [5.74, 6) is 0.603. The minimum absolute atomic E-state index is 0.249. The maximum absolute atomic E-state index is 13.9. The maximum atomic E-state index is 13.9. The van der Waals surface area contributed by atoms with Crippen LogP contribution in [0.3, 0.4) is 0 Å². The summed E-state index contributed by atoms with van der Waals surface area (Å²) in [5, 5.41) is 4.40. The molecule has 24 heavy (non-hydrogen) atoms. The third kappa shape index (κ3) is 4.26. The van der Waals surface area contributed by atoms with Crippen LogP contribution in [-0.4, -0.2) is 41.1 Å². The third-order valence-corrected chi connectivity index (χ3v) is 4.85. The molecule has 0 bridgehead atoms. The minimum Gasteiger partial charge on any atom is -0.467 e. The first-order chi connectivity index (χ1) is 11.6. The Labute approximate surface area is 151 Å². The lowest BCUT2D eigenvalue weighted by atomic mass is 10.2. The Morgan fingerprint density at radius 3 is 2.67 bits per heavy atom. The highest BCUT2D eigenvalue weighted by Crippen LogP contribution is 2.21. The van der Waals surface area contributed by atoms with Gasteiger partial charge in [0.15, 0.2) is 5.11 Å². The van der Waals surface area contributed by atoms with E-state index in [1.54, 1.807) is 18.4 Å². The van der Waals surface area contributed by atoms with Gasteiger partial charge in [0, 0.05) is 43.3 Å². The van der Waals surface area contributed by atoms with Crippen molar-refractivity contribution in [3.05, 3.63) is 58.8 Å². The Morgan fingerprint density at radius 2 is 2.00 bits per heavy atom. The summed E-state index contributed by atoms with van der Waals surface area (Å²) in [6.07, 6.45) is 1.65. The quantitative estimate of drug-likeness (QED) is 0.838. The second-order valence-corrected chi connectivity index (χ2v) is 6.50. The van der Waals surface area contributed by atoms with Gasteiger partial charge in [-0.3, -0.25) is 4.90 Å². The van der Waals surface area contributed by atoms with Crippen LogP contribution in [0.25, 0.3) is 0 Å². The zero-order valence-electron chi connectivity index (χ0n) is 13.2. The van der Waals surface area contributed by atoms with Gasteiger partial charge in [-0.15, -0.1) is 0 Å². The Morgan fingerprint density at radius 1 is 1.21 bits per heavy atom. The standard InChI is InChI=1S/C17H19ClFN3OS/c18-15-4-1-5-16(19)14(15)12-21-6-8-22(9-7-21)17(24)20-11-13-3-2-10-23-13/h1-5,10H,6-9,11-12H2,(H,20,24). The van der Waals surface area contributed by atoms with Crippen molar-refractivity contribution < 1.29 is 8.81 Å². The van der Waals surface area contributed by atoms with Crippen molar-refractivity contribution >= 4 is 28.9 Å². The fourth-order valence-corrected chi connectivity index (χ4v) is 3.18. The van der Waals surface area contributed by atoms with Gasteiger partial charge in [-0.25, -0.2) is 4.39 Å². The Balaban J connectivity index is 1.48. The number of hydrogen-bond acceptors (Lipinski definition) is 3. The Kier molecular flexibility index (Phi) is 5.71. The molecule has 0 unspecified atom stereocenters. The van der Waals surface area contributed by atoms with Gasteiger partial charge in [0.25, 0.3) is 0 Å². The average Bonchev–Trinajstić information content (AvgIpc) is 3.10. The van der Waals surface area contributed by atoms with E-state index in [1.807, 2.05) is 12.1 Å². The fourth-order valence-electron chi connectivity index (χ4n) is 2.70. The summed E-state index contributed by atoms with van der Waals surface area (Å²) in [7, 11) is 0. The first-order valence-corrected chi connectivity index (χ1v) is 8.62. The lowest BCUT2D eigenvalue weighted by Crippen LogP contribution is -2.51. The molecule has 7 heteroatoms. The number of piperazine rings is 1. The number of benzene rings is 1. The van der Waals surface area contributed by atoms with Crippen molar-refractivity contribution in [2.24, 2.45) is 0 Å². The van der Waals surface area contributed by atoms with Crippen LogP contribution in [0.4, 0.5) is 4.39 Å². The molecule has 2 aromatic rings. The molecule has 2 heterocycles. The number of halogens is 2. The molecular formula is C17H19ClFN3OS. The second kappa shape index (κ2) is 7.96. The molecule has 0 amide bonds. The van der Waals surface area contributed by atoms with Crippen molar-refractivity contribution in [1.29, 1.82) is 0 Å². The Bertz CT molecular complexity index is 667. The number of hydrogen-bond donors (Lipinski definition) is 1. The van der Waals surface area contributed by atoms with E-state index in [9.17, 15) is 4.39 Å². The molecule has 1 aromatic heterocycles. The lowest BCUT2D eigenvalue weighted by molar-refractivity contribution is 0.173. The molecule has 1 aromatic carbocycles. The monoisotopic (exact) mass is 367 g/mol. The van der Waals surface area contributed by atoms with Gasteiger partial charge >= 0.3 is 0 Å². The molecule has 1 aliphatic rings. The highest BCUT2D eigenvalue weighted by molar-refractivity contribution is 7.80. The van der Waals surface area contributed by atoms with Gasteiger partial charge in [-0.1, -0.05) is 17.7 Å². The fraction of sp³-hybridized carbons (Fsp3) is 0.353. The van der Waals surface area contributed by atoms with Gasteiger partial charge in [-0.05, 0) is 36.5 Å². The normalized spacial score (nSPS) is 15.5. The molecule has 0 spiro atoms. The second-order valence-electron chi connectivity index (χ2n) is 5.70. The smallest absolute Gasteiger partial charge is 0.169 e. The van der Waals surface area contributed by atoms with Gasteiger partial charge in [0.1, 0.15) is 11.6 Å². The van der Waals surface area contributed by atoms with Crippen LogP contribution in [0, 0.1) is 5.82 Å². The van der Waals surface area contributed by atoms with E-state index >= 15 is 0 Å². The molecule has 0 atom stereocenters. The lowest BCUT2D eigenvalue weighted by Gasteiger charge is -2.36. The number of thiocarbonyl (C=S) groups is 1. The highest BCUT2D eigenvalue weighted by atomic mass is 35.5. The van der Waals surface area contributed by atoms with Gasteiger partial charge in [-0.2, -0.15) is 0 Å². The third-order valence-electron chi connectivity index (χ3n) is 4.10. The zero-order chi connectivity index (χ0) is 16.9. The molecule has 0 aliphatic carbocycles. The predicted molar refractivity (Wildman–Crippen MR) is 96.4 cm³/mol. The molecule has 1 aliphatic heterocycles. The van der Waals surface area contributed by atoms with Crippen molar-refractivity contribution in [3.8, 4) is 0 Å². The van der Waals surface area contributed by atoms with E-state index in [-0.39, 0.29) is 5.82 Å². The predicted octanol–water partition coefficient (Wildman–Crippen LogP) is 3.26. The van der Waals surface area contributed by atoms with Crippen molar-refractivity contribution in [2.45, 2.75) is 13.1 Å². The summed E-state index contributed by atoms with van der Waals surface area (Å²) in [6, 6.07) is 8.57. The van der Waals surface area contributed by atoms with Crippen LogP contribution < -0.4 is 5.32 Å². The molecule has 1 N–H and O–H groups in total. The summed E-state index contributed by atoms with van der Waals surface area (Å²) in [6.45, 7) is 4.33. The average molecular weight is 368 g/mol. The van der Waals surface area contributed by atoms with Crippen LogP contribution in [0.15, 0.2) is 41.0 Å². The maximum Gasteiger partial charge on any atom is 0.169 e. The van der Waals surface area contributed by atoms with E-state index in [1.165, 1.54) is 6.07 Å². The molecule has 1 fully saturated rings. The van der Waals surface area contributed by atoms with Crippen molar-refractivity contribution in [2.75, 3.05) is 26.2 Å². The van der Waals surface area contributed by atoms with Gasteiger partial charge in [0.05, 0.1) is 12.8 Å². The largest absolute Gasteiger partial charge is 0.467 e. The molecule has 0 saturated carbocycles. The number of nitrogens with one attached hydrogen (secondary N) is 1. The van der Waals surface area contributed by atoms with Crippen LogP contribution in [0.1, 0.15) is 11.3 Å². The number of furan rings is 1. The van der Waals surface area contributed by atoms with E-state index in [0.717, 1.165) is 37.1 Å².